The largest absolute Gasteiger partial charge is 0.573 e. The van der Waals surface area contributed by atoms with Crippen molar-refractivity contribution in [2.75, 3.05) is 20.3 Å². The fraction of sp³-hybridized carbons (Fsp3) is 0.250. The fourth-order valence-electron chi connectivity index (χ4n) is 2.04. The molecule has 0 spiro atoms. The van der Waals surface area contributed by atoms with Crippen LogP contribution >= 0.6 is 0 Å². The highest BCUT2D eigenvalue weighted by atomic mass is 19.4. The van der Waals surface area contributed by atoms with Crippen molar-refractivity contribution in [1.29, 1.82) is 0 Å². The maximum Gasteiger partial charge on any atom is 0.573 e. The number of benzene rings is 2. The van der Waals surface area contributed by atoms with Crippen LogP contribution in [-0.2, 0) is 0 Å². The SMILES string of the molecule is COc1cc(-c2ccccc2OC(F)(F)F)ccc1OCCN. The predicted molar refractivity (Wildman–Crippen MR) is 79.7 cm³/mol. The maximum atomic E-state index is 12.5. The van der Waals surface area contributed by atoms with Gasteiger partial charge in [-0.2, -0.15) is 0 Å². The molecule has 0 aromatic heterocycles. The molecule has 4 nitrogen and oxygen atoms in total. The molecule has 2 rings (SSSR count). The van der Waals surface area contributed by atoms with Crippen molar-refractivity contribution in [3.8, 4) is 28.4 Å². The number of alkyl halides is 3. The first-order valence-corrected chi connectivity index (χ1v) is 6.80. The normalized spacial score (nSPS) is 11.2. The first-order valence-electron chi connectivity index (χ1n) is 6.80. The van der Waals surface area contributed by atoms with E-state index < -0.39 is 6.36 Å². The standard InChI is InChI=1S/C16H16F3NO3/c1-21-15-10-11(6-7-14(15)22-9-8-20)12-4-2-3-5-13(12)23-16(17,18)19/h2-7,10H,8-9,20H2,1H3. The van der Waals surface area contributed by atoms with Gasteiger partial charge in [0.05, 0.1) is 7.11 Å². The Morgan fingerprint density at radius 1 is 1.00 bits per heavy atom. The quantitative estimate of drug-likeness (QED) is 0.881. The van der Waals surface area contributed by atoms with Crippen LogP contribution < -0.4 is 19.9 Å². The summed E-state index contributed by atoms with van der Waals surface area (Å²) in [4.78, 5) is 0. The molecule has 0 bridgehead atoms. The number of para-hydroxylation sites is 1. The molecule has 2 aromatic carbocycles. The smallest absolute Gasteiger partial charge is 0.493 e. The molecule has 2 N–H and O–H groups in total. The zero-order chi connectivity index (χ0) is 16.9. The molecule has 23 heavy (non-hydrogen) atoms. The number of methoxy groups -OCH3 is 1. The Labute approximate surface area is 131 Å². The van der Waals surface area contributed by atoms with Gasteiger partial charge in [0.2, 0.25) is 0 Å². The third-order valence-electron chi connectivity index (χ3n) is 2.96. The highest BCUT2D eigenvalue weighted by Crippen LogP contribution is 2.38. The second-order valence-corrected chi connectivity index (χ2v) is 4.55. The van der Waals surface area contributed by atoms with Crippen molar-refractivity contribution < 1.29 is 27.4 Å². The number of halogens is 3. The zero-order valence-corrected chi connectivity index (χ0v) is 12.4. The lowest BCUT2D eigenvalue weighted by molar-refractivity contribution is -0.274. The Balaban J connectivity index is 2.39. The molecule has 0 aliphatic heterocycles. The molecular formula is C16H16F3NO3. The van der Waals surface area contributed by atoms with Crippen LogP contribution in [0.25, 0.3) is 11.1 Å². The summed E-state index contributed by atoms with van der Waals surface area (Å²) >= 11 is 0. The van der Waals surface area contributed by atoms with Gasteiger partial charge >= 0.3 is 6.36 Å². The van der Waals surface area contributed by atoms with Gasteiger partial charge in [-0.25, -0.2) is 0 Å². The van der Waals surface area contributed by atoms with E-state index in [9.17, 15) is 13.2 Å². The van der Waals surface area contributed by atoms with Crippen LogP contribution in [0.1, 0.15) is 0 Å². The van der Waals surface area contributed by atoms with Gasteiger partial charge in [0.1, 0.15) is 12.4 Å². The molecule has 0 saturated carbocycles. The third-order valence-corrected chi connectivity index (χ3v) is 2.96. The Kier molecular flexibility index (Phi) is 5.33. The van der Waals surface area contributed by atoms with Gasteiger partial charge in [-0.1, -0.05) is 24.3 Å². The second-order valence-electron chi connectivity index (χ2n) is 4.55. The number of nitrogens with two attached hydrogens (primary N) is 1. The summed E-state index contributed by atoms with van der Waals surface area (Å²) in [6.45, 7) is 0.649. The van der Waals surface area contributed by atoms with Crippen LogP contribution in [-0.4, -0.2) is 26.6 Å². The molecule has 0 amide bonds. The Morgan fingerprint density at radius 3 is 2.39 bits per heavy atom. The lowest BCUT2D eigenvalue weighted by Gasteiger charge is -2.15. The van der Waals surface area contributed by atoms with Crippen LogP contribution in [0.4, 0.5) is 13.2 Å². The summed E-state index contributed by atoms with van der Waals surface area (Å²) in [5, 5.41) is 0. The van der Waals surface area contributed by atoms with Crippen molar-refractivity contribution in [2.45, 2.75) is 6.36 Å². The molecule has 0 fully saturated rings. The number of hydrogen-bond acceptors (Lipinski definition) is 4. The summed E-state index contributed by atoms with van der Waals surface area (Å²) in [5.41, 5.74) is 6.19. The van der Waals surface area contributed by atoms with E-state index in [1.807, 2.05) is 0 Å². The Bertz CT molecular complexity index is 659. The van der Waals surface area contributed by atoms with Crippen molar-refractivity contribution in [3.05, 3.63) is 42.5 Å². The molecule has 0 aliphatic rings. The van der Waals surface area contributed by atoms with E-state index in [-0.39, 0.29) is 5.75 Å². The summed E-state index contributed by atoms with van der Waals surface area (Å²) in [7, 11) is 1.45. The van der Waals surface area contributed by atoms with Gasteiger partial charge in [0.25, 0.3) is 0 Å². The van der Waals surface area contributed by atoms with Gasteiger partial charge in [0.15, 0.2) is 11.5 Å². The minimum Gasteiger partial charge on any atom is -0.493 e. The molecule has 0 saturated heterocycles. The predicted octanol–water partition coefficient (Wildman–Crippen LogP) is 3.60. The van der Waals surface area contributed by atoms with Crippen molar-refractivity contribution in [1.82, 2.24) is 0 Å². The Hall–Kier alpha value is -2.41. The lowest BCUT2D eigenvalue weighted by atomic mass is 10.0. The van der Waals surface area contributed by atoms with Gasteiger partial charge in [0, 0.05) is 12.1 Å². The minimum atomic E-state index is -4.76. The van der Waals surface area contributed by atoms with Gasteiger partial charge in [-0.3, -0.25) is 0 Å². The van der Waals surface area contributed by atoms with Crippen molar-refractivity contribution >= 4 is 0 Å². The van der Waals surface area contributed by atoms with Crippen molar-refractivity contribution in [2.24, 2.45) is 5.73 Å². The minimum absolute atomic E-state index is 0.280. The summed E-state index contributed by atoms with van der Waals surface area (Å²) in [5.74, 6) is 0.589. The number of rotatable bonds is 6. The van der Waals surface area contributed by atoms with E-state index in [0.29, 0.717) is 35.8 Å². The molecule has 0 heterocycles. The zero-order valence-electron chi connectivity index (χ0n) is 12.4. The van der Waals surface area contributed by atoms with Crippen LogP contribution in [0.2, 0.25) is 0 Å². The highest BCUT2D eigenvalue weighted by molar-refractivity contribution is 5.72. The third kappa shape index (κ3) is 4.53. The maximum absolute atomic E-state index is 12.5. The van der Waals surface area contributed by atoms with E-state index in [4.69, 9.17) is 15.2 Å². The molecule has 0 unspecified atom stereocenters. The van der Waals surface area contributed by atoms with Crippen LogP contribution in [0.5, 0.6) is 17.2 Å². The summed E-state index contributed by atoms with van der Waals surface area (Å²) < 4.78 is 52.2. The summed E-state index contributed by atoms with van der Waals surface area (Å²) in [6.07, 6.45) is -4.76. The molecule has 2 aromatic rings. The molecular weight excluding hydrogens is 311 g/mol. The molecule has 0 atom stereocenters. The molecule has 0 aliphatic carbocycles. The van der Waals surface area contributed by atoms with Crippen LogP contribution in [0.15, 0.2) is 42.5 Å². The van der Waals surface area contributed by atoms with E-state index in [2.05, 4.69) is 4.74 Å². The van der Waals surface area contributed by atoms with Crippen LogP contribution in [0.3, 0.4) is 0 Å². The van der Waals surface area contributed by atoms with Gasteiger partial charge in [-0.15, -0.1) is 13.2 Å². The first kappa shape index (κ1) is 17.0. The second kappa shape index (κ2) is 7.23. The lowest BCUT2D eigenvalue weighted by Crippen LogP contribution is -2.17. The topological polar surface area (TPSA) is 53.7 Å². The van der Waals surface area contributed by atoms with E-state index in [1.54, 1.807) is 24.3 Å². The molecule has 7 heteroatoms. The van der Waals surface area contributed by atoms with E-state index in [1.165, 1.54) is 25.3 Å². The van der Waals surface area contributed by atoms with E-state index in [0.717, 1.165) is 0 Å². The number of hydrogen-bond donors (Lipinski definition) is 1. The average molecular weight is 327 g/mol. The van der Waals surface area contributed by atoms with Gasteiger partial charge < -0.3 is 19.9 Å². The van der Waals surface area contributed by atoms with Crippen molar-refractivity contribution in [3.63, 3.8) is 0 Å². The van der Waals surface area contributed by atoms with Gasteiger partial charge in [-0.05, 0) is 23.8 Å². The highest BCUT2D eigenvalue weighted by Gasteiger charge is 2.32. The summed E-state index contributed by atoms with van der Waals surface area (Å²) in [6, 6.07) is 10.7. The molecule has 124 valence electrons. The fourth-order valence-corrected chi connectivity index (χ4v) is 2.04. The monoisotopic (exact) mass is 327 g/mol. The average Bonchev–Trinajstić information content (AvgIpc) is 2.52. The Morgan fingerprint density at radius 2 is 1.74 bits per heavy atom. The first-order chi connectivity index (χ1) is 10.9. The van der Waals surface area contributed by atoms with Crippen LogP contribution in [0, 0.1) is 0 Å². The molecule has 0 radical (unpaired) electrons. The van der Waals surface area contributed by atoms with E-state index >= 15 is 0 Å². The number of ether oxygens (including phenoxy) is 3.